The molecule has 0 unspecified atom stereocenters. The van der Waals surface area contributed by atoms with Gasteiger partial charge in [0.1, 0.15) is 11.0 Å². The van der Waals surface area contributed by atoms with Crippen molar-refractivity contribution in [2.45, 2.75) is 6.92 Å². The van der Waals surface area contributed by atoms with Gasteiger partial charge in [0.2, 0.25) is 0 Å². The Hall–Kier alpha value is -1.14. The van der Waals surface area contributed by atoms with Crippen molar-refractivity contribution < 1.29 is 4.79 Å². The molecule has 1 aromatic heterocycles. The largest absolute Gasteiger partial charge is 0.340 e. The minimum Gasteiger partial charge on any atom is -0.340 e. The number of pyridine rings is 1. The van der Waals surface area contributed by atoms with Crippen molar-refractivity contribution in [3.8, 4) is 0 Å². The van der Waals surface area contributed by atoms with Crippen molar-refractivity contribution in [3.05, 3.63) is 50.2 Å². The van der Waals surface area contributed by atoms with Gasteiger partial charge in [-0.15, -0.1) is 0 Å². The van der Waals surface area contributed by atoms with E-state index in [0.717, 1.165) is 21.1 Å². The lowest BCUT2D eigenvalue weighted by Crippen LogP contribution is -2.00. The summed E-state index contributed by atoms with van der Waals surface area (Å²) in [5.74, 6) is 0.474. The first-order chi connectivity index (χ1) is 8.60. The Morgan fingerprint density at radius 1 is 1.33 bits per heavy atom. The van der Waals surface area contributed by atoms with Gasteiger partial charge in [-0.25, -0.2) is 4.98 Å². The number of carbonyl (C=O) groups is 1. The maximum Gasteiger partial charge on any atom is 0.153 e. The number of nitrogens with zero attached hydrogens (tertiary/aromatic N) is 1. The fraction of sp³-hybridized carbons (Fsp3) is 0.0769. The Morgan fingerprint density at radius 2 is 2.00 bits per heavy atom. The van der Waals surface area contributed by atoms with Crippen LogP contribution < -0.4 is 5.32 Å². The molecule has 0 fully saturated rings. The lowest BCUT2D eigenvalue weighted by atomic mass is 10.2. The molecule has 2 aromatic rings. The molecule has 1 heterocycles. The third kappa shape index (κ3) is 3.00. The molecule has 3 nitrogen and oxygen atoms in total. The Balaban J connectivity index is 2.36. The maximum atomic E-state index is 11.0. The summed E-state index contributed by atoms with van der Waals surface area (Å²) in [6, 6.07) is 9.51. The lowest BCUT2D eigenvalue weighted by Gasteiger charge is -2.09. The molecule has 92 valence electrons. The van der Waals surface area contributed by atoms with Crippen LogP contribution >= 0.6 is 34.2 Å². The van der Waals surface area contributed by atoms with Crippen LogP contribution in [0.3, 0.4) is 0 Å². The molecular formula is C13H10ClIN2O. The van der Waals surface area contributed by atoms with E-state index in [2.05, 4.69) is 32.9 Å². The number of carbonyl (C=O) groups excluding carboxylic acids is 1. The van der Waals surface area contributed by atoms with Crippen LogP contribution in [0.15, 0.2) is 30.3 Å². The smallest absolute Gasteiger partial charge is 0.153 e. The number of nitrogens with one attached hydrogen (secondary N) is 1. The van der Waals surface area contributed by atoms with E-state index in [1.807, 2.05) is 31.2 Å². The topological polar surface area (TPSA) is 42.0 Å². The van der Waals surface area contributed by atoms with Crippen LogP contribution in [0.1, 0.15) is 15.9 Å². The van der Waals surface area contributed by atoms with E-state index in [4.69, 9.17) is 11.6 Å². The molecule has 0 aliphatic carbocycles. The first-order valence-corrected chi connectivity index (χ1v) is 6.70. The van der Waals surface area contributed by atoms with E-state index in [1.165, 1.54) is 0 Å². The predicted octanol–water partition coefficient (Wildman–Crippen LogP) is 4.20. The van der Waals surface area contributed by atoms with E-state index in [9.17, 15) is 4.79 Å². The zero-order chi connectivity index (χ0) is 13.1. The quantitative estimate of drug-likeness (QED) is 0.499. The summed E-state index contributed by atoms with van der Waals surface area (Å²) in [4.78, 5) is 15.2. The molecule has 5 heteroatoms. The van der Waals surface area contributed by atoms with E-state index in [1.54, 1.807) is 6.07 Å². The van der Waals surface area contributed by atoms with E-state index < -0.39 is 0 Å². The van der Waals surface area contributed by atoms with E-state index >= 15 is 0 Å². The second-order valence-electron chi connectivity index (χ2n) is 3.78. The van der Waals surface area contributed by atoms with Crippen LogP contribution in [-0.2, 0) is 0 Å². The highest BCUT2D eigenvalue weighted by Gasteiger charge is 2.07. The average Bonchev–Trinajstić information content (AvgIpc) is 2.36. The summed E-state index contributed by atoms with van der Waals surface area (Å²) < 4.78 is 1.14. The summed E-state index contributed by atoms with van der Waals surface area (Å²) in [5, 5.41) is 3.49. The first-order valence-electron chi connectivity index (χ1n) is 5.25. The van der Waals surface area contributed by atoms with Gasteiger partial charge in [0.25, 0.3) is 0 Å². The summed E-state index contributed by atoms with van der Waals surface area (Å²) in [6.45, 7) is 1.82. The zero-order valence-corrected chi connectivity index (χ0v) is 12.5. The highest BCUT2D eigenvalue weighted by Crippen LogP contribution is 2.23. The fourth-order valence-corrected chi connectivity index (χ4v) is 1.97. The van der Waals surface area contributed by atoms with Crippen molar-refractivity contribution in [1.29, 1.82) is 0 Å². The van der Waals surface area contributed by atoms with Gasteiger partial charge in [0, 0.05) is 9.26 Å². The standard InChI is InChI=1S/C13H10ClIN2O/c1-8-6-9(7-18)13(17-12(8)14)16-11-4-2-10(15)3-5-11/h2-7H,1H3,(H,16,17). The van der Waals surface area contributed by atoms with Gasteiger partial charge in [-0.05, 0) is 65.4 Å². The third-order valence-electron chi connectivity index (χ3n) is 2.41. The van der Waals surface area contributed by atoms with Crippen LogP contribution in [0.5, 0.6) is 0 Å². The predicted molar refractivity (Wildman–Crippen MR) is 81.8 cm³/mol. The van der Waals surface area contributed by atoms with Gasteiger partial charge in [-0.1, -0.05) is 11.6 Å². The number of aromatic nitrogens is 1. The Labute approximate surface area is 124 Å². The van der Waals surface area contributed by atoms with Gasteiger partial charge in [-0.3, -0.25) is 4.79 Å². The molecule has 2 rings (SSSR count). The van der Waals surface area contributed by atoms with E-state index in [0.29, 0.717) is 16.5 Å². The molecule has 0 amide bonds. The van der Waals surface area contributed by atoms with Gasteiger partial charge in [0.15, 0.2) is 6.29 Å². The first kappa shape index (κ1) is 13.3. The van der Waals surface area contributed by atoms with Crippen molar-refractivity contribution in [3.63, 3.8) is 0 Å². The monoisotopic (exact) mass is 372 g/mol. The van der Waals surface area contributed by atoms with Gasteiger partial charge in [-0.2, -0.15) is 0 Å². The molecule has 0 saturated carbocycles. The average molecular weight is 373 g/mol. The second-order valence-corrected chi connectivity index (χ2v) is 5.39. The Morgan fingerprint density at radius 3 is 2.61 bits per heavy atom. The molecule has 1 N–H and O–H groups in total. The summed E-state index contributed by atoms with van der Waals surface area (Å²) in [6.07, 6.45) is 0.769. The molecule has 0 aliphatic rings. The maximum absolute atomic E-state index is 11.0. The molecule has 0 saturated heterocycles. The molecule has 1 aromatic carbocycles. The van der Waals surface area contributed by atoms with Crippen LogP contribution in [0.2, 0.25) is 5.15 Å². The number of anilines is 2. The number of hydrogen-bond donors (Lipinski definition) is 1. The number of benzene rings is 1. The van der Waals surface area contributed by atoms with Gasteiger partial charge < -0.3 is 5.32 Å². The summed E-state index contributed by atoms with van der Waals surface area (Å²) in [5.41, 5.74) is 2.15. The van der Waals surface area contributed by atoms with Crippen LogP contribution in [0, 0.1) is 10.5 Å². The van der Waals surface area contributed by atoms with Crippen LogP contribution in [0.25, 0.3) is 0 Å². The normalized spacial score (nSPS) is 10.2. The molecular weight excluding hydrogens is 363 g/mol. The second kappa shape index (κ2) is 5.67. The number of aryl methyl sites for hydroxylation is 1. The van der Waals surface area contributed by atoms with Crippen LogP contribution in [-0.4, -0.2) is 11.3 Å². The van der Waals surface area contributed by atoms with Crippen LogP contribution in [0.4, 0.5) is 11.5 Å². The minimum absolute atomic E-state index is 0.397. The van der Waals surface area contributed by atoms with E-state index in [-0.39, 0.29) is 0 Å². The highest BCUT2D eigenvalue weighted by atomic mass is 127. The van der Waals surface area contributed by atoms with Crippen molar-refractivity contribution in [1.82, 2.24) is 4.98 Å². The summed E-state index contributed by atoms with van der Waals surface area (Å²) >= 11 is 8.20. The molecule has 0 spiro atoms. The lowest BCUT2D eigenvalue weighted by molar-refractivity contribution is 0.112. The van der Waals surface area contributed by atoms with Crippen molar-refractivity contribution >= 4 is 52.0 Å². The number of hydrogen-bond acceptors (Lipinski definition) is 3. The number of rotatable bonds is 3. The molecule has 0 bridgehead atoms. The minimum atomic E-state index is 0.397. The third-order valence-corrected chi connectivity index (χ3v) is 3.52. The zero-order valence-electron chi connectivity index (χ0n) is 9.58. The molecule has 0 aliphatic heterocycles. The fourth-order valence-electron chi connectivity index (χ4n) is 1.47. The van der Waals surface area contributed by atoms with Crippen molar-refractivity contribution in [2.75, 3.05) is 5.32 Å². The number of halogens is 2. The Kier molecular flexibility index (Phi) is 4.19. The molecule has 18 heavy (non-hydrogen) atoms. The number of aldehydes is 1. The Bertz CT molecular complexity index is 584. The van der Waals surface area contributed by atoms with Crippen molar-refractivity contribution in [2.24, 2.45) is 0 Å². The molecule has 0 atom stereocenters. The van der Waals surface area contributed by atoms with Gasteiger partial charge >= 0.3 is 0 Å². The van der Waals surface area contributed by atoms with Gasteiger partial charge in [0.05, 0.1) is 5.56 Å². The SMILES string of the molecule is Cc1cc(C=O)c(Nc2ccc(I)cc2)nc1Cl. The highest BCUT2D eigenvalue weighted by molar-refractivity contribution is 14.1. The molecule has 0 radical (unpaired) electrons. The summed E-state index contributed by atoms with van der Waals surface area (Å²) in [7, 11) is 0.